The Kier molecular flexibility index (Phi) is 4.57. The Morgan fingerprint density at radius 1 is 1.32 bits per heavy atom. The van der Waals surface area contributed by atoms with Gasteiger partial charge in [-0.25, -0.2) is 0 Å². The van der Waals surface area contributed by atoms with E-state index in [4.69, 9.17) is 4.52 Å². The quantitative estimate of drug-likeness (QED) is 0.878. The number of nitrogens with one attached hydrogen (secondary N) is 1. The molecular weight excluding hydrogens is 314 g/mol. The molecule has 1 aliphatic carbocycles. The molecule has 1 aromatic carbocycles. The Morgan fingerprint density at radius 2 is 2.12 bits per heavy atom. The number of hydrogen-bond acceptors (Lipinski definition) is 4. The van der Waals surface area contributed by atoms with Crippen molar-refractivity contribution in [1.29, 1.82) is 0 Å². The van der Waals surface area contributed by atoms with E-state index in [0.29, 0.717) is 30.1 Å². The van der Waals surface area contributed by atoms with E-state index in [1.54, 1.807) is 6.07 Å². The molecule has 25 heavy (non-hydrogen) atoms. The second-order valence-corrected chi connectivity index (χ2v) is 7.46. The lowest BCUT2D eigenvalue weighted by molar-refractivity contribution is 0.0938. The summed E-state index contributed by atoms with van der Waals surface area (Å²) in [6.45, 7) is 4.95. The molecule has 2 aliphatic rings. The summed E-state index contributed by atoms with van der Waals surface area (Å²) in [5.74, 6) is 1.70. The molecule has 1 aliphatic heterocycles. The zero-order valence-electron chi connectivity index (χ0n) is 14.6. The highest BCUT2D eigenvalue weighted by Crippen LogP contribution is 2.40. The molecular formula is C20H25N3O2. The van der Waals surface area contributed by atoms with Crippen molar-refractivity contribution in [1.82, 2.24) is 15.4 Å². The van der Waals surface area contributed by atoms with Crippen LogP contribution >= 0.6 is 0 Å². The zero-order valence-corrected chi connectivity index (χ0v) is 14.6. The lowest BCUT2D eigenvalue weighted by Gasteiger charge is -2.21. The van der Waals surface area contributed by atoms with Crippen LogP contribution in [-0.2, 0) is 6.54 Å². The van der Waals surface area contributed by atoms with Crippen LogP contribution in [-0.4, -0.2) is 35.1 Å². The number of amides is 1. The number of likely N-dealkylation sites (tertiary alicyclic amines) is 1. The lowest BCUT2D eigenvalue weighted by atomic mass is 10.1. The van der Waals surface area contributed by atoms with Gasteiger partial charge in [-0.3, -0.25) is 9.69 Å². The van der Waals surface area contributed by atoms with E-state index in [1.807, 2.05) is 6.07 Å². The summed E-state index contributed by atoms with van der Waals surface area (Å²) in [6, 6.07) is 12.9. The summed E-state index contributed by atoms with van der Waals surface area (Å²) in [4.78, 5) is 14.8. The van der Waals surface area contributed by atoms with E-state index < -0.39 is 0 Å². The fourth-order valence-corrected chi connectivity index (χ4v) is 3.69. The number of benzene rings is 1. The maximum Gasteiger partial charge on any atom is 0.273 e. The topological polar surface area (TPSA) is 58.4 Å². The molecule has 5 nitrogen and oxygen atoms in total. The molecule has 132 valence electrons. The molecule has 2 heterocycles. The molecule has 0 spiro atoms. The fraction of sp³-hybridized carbons (Fsp3) is 0.500. The summed E-state index contributed by atoms with van der Waals surface area (Å²) in [6.07, 6.45) is 3.40. The molecule has 0 radical (unpaired) electrons. The zero-order chi connectivity index (χ0) is 17.2. The molecule has 4 rings (SSSR count). The van der Waals surface area contributed by atoms with Crippen molar-refractivity contribution in [2.75, 3.05) is 13.1 Å². The molecule has 0 unspecified atom stereocenters. The fourth-order valence-electron chi connectivity index (χ4n) is 3.69. The van der Waals surface area contributed by atoms with E-state index in [9.17, 15) is 4.79 Å². The molecule has 5 heteroatoms. The number of carbonyl (C=O) groups excluding carboxylic acids is 1. The van der Waals surface area contributed by atoms with E-state index in [1.165, 1.54) is 5.56 Å². The van der Waals surface area contributed by atoms with Gasteiger partial charge in [-0.1, -0.05) is 35.5 Å². The molecule has 1 amide bonds. The number of aromatic nitrogens is 1. The van der Waals surface area contributed by atoms with Gasteiger partial charge in [0.2, 0.25) is 0 Å². The first-order valence-electron chi connectivity index (χ1n) is 9.22. The Morgan fingerprint density at radius 3 is 2.88 bits per heavy atom. The van der Waals surface area contributed by atoms with Crippen molar-refractivity contribution >= 4 is 5.91 Å². The summed E-state index contributed by atoms with van der Waals surface area (Å²) >= 11 is 0. The third-order valence-corrected chi connectivity index (χ3v) is 5.31. The van der Waals surface area contributed by atoms with Gasteiger partial charge < -0.3 is 9.84 Å². The first kappa shape index (κ1) is 16.3. The van der Waals surface area contributed by atoms with Crippen molar-refractivity contribution in [2.45, 2.75) is 44.7 Å². The minimum Gasteiger partial charge on any atom is -0.360 e. The highest BCUT2D eigenvalue weighted by Gasteiger charge is 2.31. The second kappa shape index (κ2) is 7.00. The van der Waals surface area contributed by atoms with Crippen molar-refractivity contribution in [3.05, 3.63) is 53.4 Å². The maximum absolute atomic E-state index is 12.3. The highest BCUT2D eigenvalue weighted by atomic mass is 16.5. The maximum atomic E-state index is 12.3. The summed E-state index contributed by atoms with van der Waals surface area (Å²) in [5, 5.41) is 6.94. The van der Waals surface area contributed by atoms with Gasteiger partial charge in [-0.2, -0.15) is 0 Å². The van der Waals surface area contributed by atoms with Crippen LogP contribution in [0.25, 0.3) is 0 Å². The summed E-state index contributed by atoms with van der Waals surface area (Å²) in [5.41, 5.74) is 1.75. The molecule has 1 saturated carbocycles. The Labute approximate surface area is 148 Å². The molecule has 1 N–H and O–H groups in total. The Balaban J connectivity index is 1.27. The van der Waals surface area contributed by atoms with Crippen LogP contribution in [0.3, 0.4) is 0 Å². The molecule has 0 bridgehead atoms. The average Bonchev–Trinajstić information content (AvgIpc) is 3.25. The average molecular weight is 339 g/mol. The third-order valence-electron chi connectivity index (χ3n) is 5.31. The first-order chi connectivity index (χ1) is 12.2. The number of rotatable bonds is 6. The van der Waals surface area contributed by atoms with Crippen LogP contribution < -0.4 is 5.32 Å². The minimum atomic E-state index is -0.121. The number of carbonyl (C=O) groups is 1. The first-order valence-corrected chi connectivity index (χ1v) is 9.22. The van der Waals surface area contributed by atoms with Crippen molar-refractivity contribution in [3.8, 4) is 0 Å². The van der Waals surface area contributed by atoms with E-state index in [0.717, 1.165) is 38.1 Å². The van der Waals surface area contributed by atoms with Gasteiger partial charge >= 0.3 is 0 Å². The van der Waals surface area contributed by atoms with Gasteiger partial charge in [-0.05, 0) is 37.7 Å². The van der Waals surface area contributed by atoms with Crippen LogP contribution in [0, 0.1) is 5.92 Å². The van der Waals surface area contributed by atoms with E-state index >= 15 is 0 Å². The van der Waals surface area contributed by atoms with Gasteiger partial charge in [0, 0.05) is 37.7 Å². The molecule has 2 aromatic rings. The van der Waals surface area contributed by atoms with Crippen LogP contribution in [0.2, 0.25) is 0 Å². The van der Waals surface area contributed by atoms with Crippen molar-refractivity contribution in [3.63, 3.8) is 0 Å². The van der Waals surface area contributed by atoms with Gasteiger partial charge in [0.05, 0.1) is 0 Å². The summed E-state index contributed by atoms with van der Waals surface area (Å²) < 4.78 is 5.26. The predicted octanol–water partition coefficient (Wildman–Crippen LogP) is 3.19. The molecule has 2 atom stereocenters. The van der Waals surface area contributed by atoms with Crippen LogP contribution in [0.1, 0.15) is 53.9 Å². The van der Waals surface area contributed by atoms with Gasteiger partial charge in [0.15, 0.2) is 5.69 Å². The number of nitrogens with zero attached hydrogens (tertiary/aromatic N) is 2. The largest absolute Gasteiger partial charge is 0.360 e. The lowest BCUT2D eigenvalue weighted by Crippen LogP contribution is -2.31. The molecule has 1 saturated heterocycles. The van der Waals surface area contributed by atoms with Gasteiger partial charge in [0.25, 0.3) is 5.91 Å². The van der Waals surface area contributed by atoms with Crippen LogP contribution in [0.5, 0.6) is 0 Å². The smallest absolute Gasteiger partial charge is 0.273 e. The van der Waals surface area contributed by atoms with Gasteiger partial charge in [0.1, 0.15) is 5.76 Å². The minimum absolute atomic E-state index is 0.121. The second-order valence-electron chi connectivity index (χ2n) is 7.46. The molecule has 2 fully saturated rings. The standard InChI is InChI=1S/C20H25N3O2/c1-14-9-16(13-23(14)12-15-5-3-2-4-6-15)11-21-20(24)18-10-19(25-22-18)17-7-8-17/h2-6,10,14,16-17H,7-9,11-13H2,1H3,(H,21,24)/t14-,16-/m1/s1. The monoisotopic (exact) mass is 339 g/mol. The Bertz CT molecular complexity index is 724. The van der Waals surface area contributed by atoms with Crippen LogP contribution in [0.15, 0.2) is 40.9 Å². The summed E-state index contributed by atoms with van der Waals surface area (Å²) in [7, 11) is 0. The third kappa shape index (κ3) is 3.93. The van der Waals surface area contributed by atoms with Gasteiger partial charge in [-0.15, -0.1) is 0 Å². The van der Waals surface area contributed by atoms with Crippen molar-refractivity contribution in [2.24, 2.45) is 5.92 Å². The highest BCUT2D eigenvalue weighted by molar-refractivity contribution is 5.92. The molecule has 1 aromatic heterocycles. The van der Waals surface area contributed by atoms with Crippen LogP contribution in [0.4, 0.5) is 0 Å². The Hall–Kier alpha value is -2.14. The van der Waals surface area contributed by atoms with E-state index in [-0.39, 0.29) is 5.91 Å². The predicted molar refractivity (Wildman–Crippen MR) is 95.2 cm³/mol. The van der Waals surface area contributed by atoms with E-state index in [2.05, 4.69) is 46.6 Å². The van der Waals surface area contributed by atoms with Crippen molar-refractivity contribution < 1.29 is 9.32 Å². The number of hydrogen-bond donors (Lipinski definition) is 1. The normalized spacial score (nSPS) is 23.7. The SMILES string of the molecule is C[C@@H]1C[C@H](CNC(=O)c2cc(C3CC3)on2)CN1Cc1ccccc1.